The number of hydrogen-bond acceptors (Lipinski definition) is 10. The summed E-state index contributed by atoms with van der Waals surface area (Å²) < 4.78 is 28.3. The number of hydrogen-bond donors (Lipinski definition) is 4. The Balaban J connectivity index is 2.46. The monoisotopic (exact) mass is 770 g/mol. The van der Waals surface area contributed by atoms with Crippen molar-refractivity contribution < 1.29 is 47.7 Å². The van der Waals surface area contributed by atoms with E-state index in [-0.39, 0.29) is 19.6 Å². The summed E-state index contributed by atoms with van der Waals surface area (Å²) in [5, 5.41) is 10.8. The van der Waals surface area contributed by atoms with Gasteiger partial charge in [0.25, 0.3) is 0 Å². The van der Waals surface area contributed by atoms with Crippen LogP contribution in [0.4, 0.5) is 4.79 Å². The third kappa shape index (κ3) is 18.1. The average molecular weight is 771 g/mol. The standard InChI is InChI=1S/C41H62N4O10/c1-26(54-40(6,7)8)32(35(47)43-31(37(49)51-12)25-53-39(3,4)5)44-34(46)30(23-28-19-15-13-16-20-28)42-36(48)33(27(2)55-41(9,10)11)45-38(50)52-24-29-21-17-14-18-22-29/h13-22,26-27,30-33H,23-25H2,1-12H3,(H,42,48)(H,43,47)(H,44,46)(H,45,50)/t26?,27?,30-,31-,32-,33-/m0/s1. The predicted octanol–water partition coefficient (Wildman–Crippen LogP) is 4.37. The van der Waals surface area contributed by atoms with Crippen molar-refractivity contribution in [3.8, 4) is 0 Å². The van der Waals surface area contributed by atoms with Crippen molar-refractivity contribution in [2.75, 3.05) is 13.7 Å². The van der Waals surface area contributed by atoms with E-state index >= 15 is 0 Å². The van der Waals surface area contributed by atoms with E-state index in [9.17, 15) is 24.0 Å². The maximum atomic E-state index is 14.3. The van der Waals surface area contributed by atoms with Crippen molar-refractivity contribution >= 4 is 29.8 Å². The first kappa shape index (κ1) is 46.6. The molecular weight excluding hydrogens is 708 g/mol. The van der Waals surface area contributed by atoms with Gasteiger partial charge in [-0.1, -0.05) is 60.7 Å². The zero-order chi connectivity index (χ0) is 41.6. The largest absolute Gasteiger partial charge is 0.467 e. The summed E-state index contributed by atoms with van der Waals surface area (Å²) >= 11 is 0. The average Bonchev–Trinajstić information content (AvgIpc) is 3.08. The maximum Gasteiger partial charge on any atom is 0.408 e. The van der Waals surface area contributed by atoms with Crippen LogP contribution >= 0.6 is 0 Å². The molecule has 0 aliphatic carbocycles. The van der Waals surface area contributed by atoms with Gasteiger partial charge in [-0.05, 0) is 87.3 Å². The van der Waals surface area contributed by atoms with Crippen LogP contribution in [0.1, 0.15) is 87.3 Å². The van der Waals surface area contributed by atoms with Crippen molar-refractivity contribution in [2.24, 2.45) is 0 Å². The third-order valence-corrected chi connectivity index (χ3v) is 7.77. The zero-order valence-electron chi connectivity index (χ0n) is 34.4. The van der Waals surface area contributed by atoms with E-state index in [4.69, 9.17) is 23.7 Å². The molecule has 2 unspecified atom stereocenters. The lowest BCUT2D eigenvalue weighted by Crippen LogP contribution is -2.62. The van der Waals surface area contributed by atoms with Crippen LogP contribution in [0.5, 0.6) is 0 Å². The minimum absolute atomic E-state index is 0.0190. The smallest absolute Gasteiger partial charge is 0.408 e. The van der Waals surface area contributed by atoms with Crippen LogP contribution in [0.2, 0.25) is 0 Å². The molecule has 0 bridgehead atoms. The molecular formula is C41H62N4O10. The quantitative estimate of drug-likeness (QED) is 0.159. The molecule has 2 aromatic rings. The van der Waals surface area contributed by atoms with E-state index in [0.717, 1.165) is 5.56 Å². The van der Waals surface area contributed by atoms with Gasteiger partial charge in [-0.2, -0.15) is 0 Å². The number of amides is 4. The second kappa shape index (κ2) is 21.0. The summed E-state index contributed by atoms with van der Waals surface area (Å²) in [6.07, 6.45) is -2.62. The number of ether oxygens (including phenoxy) is 5. The molecule has 0 aliphatic rings. The predicted molar refractivity (Wildman–Crippen MR) is 208 cm³/mol. The van der Waals surface area contributed by atoms with Crippen LogP contribution in [0.3, 0.4) is 0 Å². The summed E-state index contributed by atoms with van der Waals surface area (Å²) in [4.78, 5) is 68.1. The molecule has 4 amide bonds. The zero-order valence-corrected chi connectivity index (χ0v) is 34.4. The first-order valence-electron chi connectivity index (χ1n) is 18.5. The van der Waals surface area contributed by atoms with Crippen LogP contribution < -0.4 is 21.3 Å². The molecule has 14 nitrogen and oxygen atoms in total. The van der Waals surface area contributed by atoms with Crippen molar-refractivity contribution in [3.05, 3.63) is 71.8 Å². The van der Waals surface area contributed by atoms with Crippen molar-refractivity contribution in [1.82, 2.24) is 21.3 Å². The Labute approximate surface area is 326 Å². The van der Waals surface area contributed by atoms with Gasteiger partial charge < -0.3 is 45.0 Å². The highest BCUT2D eigenvalue weighted by Gasteiger charge is 2.38. The van der Waals surface area contributed by atoms with Gasteiger partial charge in [-0.15, -0.1) is 0 Å². The van der Waals surface area contributed by atoms with Gasteiger partial charge in [-0.3, -0.25) is 14.4 Å². The molecule has 55 heavy (non-hydrogen) atoms. The Kier molecular flexibility index (Phi) is 17.8. The minimum atomic E-state index is -1.34. The molecule has 0 fully saturated rings. The third-order valence-electron chi connectivity index (χ3n) is 7.77. The summed E-state index contributed by atoms with van der Waals surface area (Å²) in [5.74, 6) is -2.93. The molecule has 0 radical (unpaired) electrons. The first-order valence-corrected chi connectivity index (χ1v) is 18.5. The molecule has 0 aliphatic heterocycles. The summed E-state index contributed by atoms with van der Waals surface area (Å²) in [6.45, 7) is 19.2. The lowest BCUT2D eigenvalue weighted by atomic mass is 10.0. The van der Waals surface area contributed by atoms with E-state index in [1.165, 1.54) is 7.11 Å². The number of benzene rings is 2. The van der Waals surface area contributed by atoms with Crippen LogP contribution in [-0.2, 0) is 55.9 Å². The Bertz CT molecular complexity index is 1530. The normalized spacial score (nSPS) is 15.3. The summed E-state index contributed by atoms with van der Waals surface area (Å²) in [7, 11) is 1.19. The second-order valence-corrected chi connectivity index (χ2v) is 16.3. The molecule has 6 atom stereocenters. The number of carbonyl (C=O) groups excluding carboxylic acids is 5. The Hall–Kier alpha value is -4.53. The maximum absolute atomic E-state index is 14.3. The fourth-order valence-electron chi connectivity index (χ4n) is 5.42. The molecule has 2 rings (SSSR count). The molecule has 0 saturated carbocycles. The van der Waals surface area contributed by atoms with E-state index in [1.54, 1.807) is 91.8 Å². The minimum Gasteiger partial charge on any atom is -0.467 e. The van der Waals surface area contributed by atoms with Crippen molar-refractivity contribution in [3.63, 3.8) is 0 Å². The molecule has 306 valence electrons. The second-order valence-electron chi connectivity index (χ2n) is 16.3. The molecule has 14 heteroatoms. The Morgan fingerprint density at radius 2 is 1.04 bits per heavy atom. The van der Waals surface area contributed by atoms with Gasteiger partial charge in [0.1, 0.15) is 24.7 Å². The summed E-state index contributed by atoms with van der Waals surface area (Å²) in [6, 6.07) is 13.0. The van der Waals surface area contributed by atoms with Gasteiger partial charge in [0.2, 0.25) is 17.7 Å². The Morgan fingerprint density at radius 3 is 1.49 bits per heavy atom. The van der Waals surface area contributed by atoms with Gasteiger partial charge in [0, 0.05) is 6.42 Å². The number of methoxy groups -OCH3 is 1. The van der Waals surface area contributed by atoms with Gasteiger partial charge in [0.15, 0.2) is 6.04 Å². The summed E-state index contributed by atoms with van der Waals surface area (Å²) in [5.41, 5.74) is -0.595. The first-order chi connectivity index (χ1) is 25.5. The fraction of sp³-hybridized carbons (Fsp3) is 0.585. The molecule has 4 N–H and O–H groups in total. The van der Waals surface area contributed by atoms with Crippen LogP contribution in [0.15, 0.2) is 60.7 Å². The highest BCUT2D eigenvalue weighted by Crippen LogP contribution is 2.17. The van der Waals surface area contributed by atoms with E-state index < -0.39 is 83.0 Å². The van der Waals surface area contributed by atoms with Crippen molar-refractivity contribution in [2.45, 2.75) is 142 Å². The van der Waals surface area contributed by atoms with Gasteiger partial charge in [-0.25, -0.2) is 9.59 Å². The lowest BCUT2D eigenvalue weighted by Gasteiger charge is -2.33. The highest BCUT2D eigenvalue weighted by molar-refractivity contribution is 5.95. The lowest BCUT2D eigenvalue weighted by molar-refractivity contribution is -0.150. The van der Waals surface area contributed by atoms with Gasteiger partial charge in [0.05, 0.1) is 42.7 Å². The van der Waals surface area contributed by atoms with Gasteiger partial charge >= 0.3 is 12.1 Å². The molecule has 0 saturated heterocycles. The molecule has 0 heterocycles. The number of rotatable bonds is 18. The molecule has 2 aromatic carbocycles. The number of alkyl carbamates (subject to hydrolysis) is 1. The van der Waals surface area contributed by atoms with Crippen LogP contribution in [-0.4, -0.2) is 96.7 Å². The van der Waals surface area contributed by atoms with Crippen LogP contribution in [0, 0.1) is 0 Å². The number of carbonyl (C=O) groups is 5. The molecule has 0 spiro atoms. The number of esters is 1. The van der Waals surface area contributed by atoms with E-state index in [0.29, 0.717) is 5.56 Å². The fourth-order valence-corrected chi connectivity index (χ4v) is 5.42. The van der Waals surface area contributed by atoms with Crippen molar-refractivity contribution in [1.29, 1.82) is 0 Å². The Morgan fingerprint density at radius 1 is 0.582 bits per heavy atom. The highest BCUT2D eigenvalue weighted by atomic mass is 16.6. The van der Waals surface area contributed by atoms with E-state index in [1.807, 2.05) is 45.0 Å². The molecule has 0 aromatic heterocycles. The SMILES string of the molecule is COC(=O)[C@H](COC(C)(C)C)NC(=O)[C@@H](NC(=O)[C@H](Cc1ccccc1)NC(=O)[C@@H](NC(=O)OCc1ccccc1)C(C)OC(C)(C)C)C(C)OC(C)(C)C. The number of nitrogens with one attached hydrogen (secondary N) is 4. The van der Waals surface area contributed by atoms with Crippen LogP contribution in [0.25, 0.3) is 0 Å². The topological polar surface area (TPSA) is 180 Å². The van der Waals surface area contributed by atoms with E-state index in [2.05, 4.69) is 21.3 Å².